The van der Waals surface area contributed by atoms with Crippen LogP contribution in [0.2, 0.25) is 10.2 Å². The summed E-state index contributed by atoms with van der Waals surface area (Å²) in [6, 6.07) is 9.26. The number of hydrogen-bond acceptors (Lipinski definition) is 6. The van der Waals surface area contributed by atoms with Crippen molar-refractivity contribution in [3.05, 3.63) is 69.9 Å². The molecule has 0 saturated heterocycles. The van der Waals surface area contributed by atoms with Crippen LogP contribution in [-0.2, 0) is 6.54 Å². The van der Waals surface area contributed by atoms with Crippen LogP contribution >= 0.6 is 23.2 Å². The van der Waals surface area contributed by atoms with Crippen LogP contribution in [0.15, 0.2) is 42.9 Å². The predicted octanol–water partition coefficient (Wildman–Crippen LogP) is 3.83. The van der Waals surface area contributed by atoms with Gasteiger partial charge in [0.1, 0.15) is 28.6 Å². The molecule has 0 bridgehead atoms. The van der Waals surface area contributed by atoms with E-state index in [1.54, 1.807) is 16.9 Å². The first-order valence-corrected chi connectivity index (χ1v) is 10.5. The van der Waals surface area contributed by atoms with Gasteiger partial charge in [0.15, 0.2) is 0 Å². The molecule has 1 aromatic carbocycles. The zero-order valence-corrected chi connectivity index (χ0v) is 17.6. The molecular formula is C21H21Cl2N5O2. The second-order valence-corrected chi connectivity index (χ2v) is 8.24. The largest absolute Gasteiger partial charge is 0.396 e. The highest BCUT2D eigenvalue weighted by Gasteiger charge is 2.27. The molecule has 1 saturated carbocycles. The van der Waals surface area contributed by atoms with E-state index in [1.807, 2.05) is 24.3 Å². The van der Waals surface area contributed by atoms with Crippen LogP contribution in [0.5, 0.6) is 0 Å². The number of carbonyl (C=O) groups excluding carboxylic acids is 1. The van der Waals surface area contributed by atoms with E-state index >= 15 is 0 Å². The number of aliphatic hydroxyl groups is 1. The Morgan fingerprint density at radius 1 is 1.23 bits per heavy atom. The third kappa shape index (κ3) is 4.64. The van der Waals surface area contributed by atoms with E-state index in [2.05, 4.69) is 20.4 Å². The van der Waals surface area contributed by atoms with E-state index in [0.717, 1.165) is 24.8 Å². The highest BCUT2D eigenvalue weighted by atomic mass is 35.5. The standard InChI is InChI=1S/C21H21Cl2N5O2/c22-15-3-1-2-13(8-15)10-28-7-6-17(27-28)19(30)18-20(23)24-12-25-21(18)26-16-5-4-14(9-16)11-29/h1-3,6-8,12,14,16,29H,4-5,9-11H2,(H,24,25,26). The van der Waals surface area contributed by atoms with Crippen molar-refractivity contribution in [3.63, 3.8) is 0 Å². The number of ketones is 1. The molecular weight excluding hydrogens is 425 g/mol. The summed E-state index contributed by atoms with van der Waals surface area (Å²) < 4.78 is 1.67. The van der Waals surface area contributed by atoms with Gasteiger partial charge in [0.25, 0.3) is 0 Å². The first-order valence-electron chi connectivity index (χ1n) is 9.74. The van der Waals surface area contributed by atoms with Gasteiger partial charge in [-0.1, -0.05) is 35.3 Å². The molecule has 1 aliphatic carbocycles. The number of halogens is 2. The maximum absolute atomic E-state index is 13.2. The lowest BCUT2D eigenvalue weighted by Crippen LogP contribution is -2.20. The summed E-state index contributed by atoms with van der Waals surface area (Å²) in [6.07, 6.45) is 5.72. The van der Waals surface area contributed by atoms with Crippen LogP contribution in [0, 0.1) is 5.92 Å². The number of nitrogens with zero attached hydrogens (tertiary/aromatic N) is 4. The van der Waals surface area contributed by atoms with Gasteiger partial charge in [-0.2, -0.15) is 5.10 Å². The normalized spacial score (nSPS) is 18.5. The molecule has 0 spiro atoms. The van der Waals surface area contributed by atoms with Crippen LogP contribution in [0.3, 0.4) is 0 Å². The molecule has 156 valence electrons. The molecule has 7 nitrogen and oxygen atoms in total. The van der Waals surface area contributed by atoms with Crippen molar-refractivity contribution in [3.8, 4) is 0 Å². The average molecular weight is 446 g/mol. The maximum atomic E-state index is 13.2. The van der Waals surface area contributed by atoms with Gasteiger partial charge < -0.3 is 10.4 Å². The quantitative estimate of drug-likeness (QED) is 0.423. The highest BCUT2D eigenvalue weighted by Crippen LogP contribution is 2.30. The molecule has 3 aromatic rings. The summed E-state index contributed by atoms with van der Waals surface area (Å²) in [4.78, 5) is 21.4. The van der Waals surface area contributed by atoms with Crippen molar-refractivity contribution in [2.75, 3.05) is 11.9 Å². The molecule has 1 aliphatic rings. The van der Waals surface area contributed by atoms with E-state index in [1.165, 1.54) is 6.33 Å². The molecule has 0 amide bonds. The van der Waals surface area contributed by atoms with Crippen molar-refractivity contribution in [2.24, 2.45) is 5.92 Å². The minimum atomic E-state index is -0.343. The Kier molecular flexibility index (Phi) is 6.32. The Morgan fingerprint density at radius 2 is 2.10 bits per heavy atom. The molecule has 2 heterocycles. The van der Waals surface area contributed by atoms with Gasteiger partial charge in [0.05, 0.1) is 6.54 Å². The van der Waals surface area contributed by atoms with Crippen molar-refractivity contribution in [1.29, 1.82) is 0 Å². The topological polar surface area (TPSA) is 92.9 Å². The Hall–Kier alpha value is -2.48. The van der Waals surface area contributed by atoms with Crippen molar-refractivity contribution in [1.82, 2.24) is 19.7 Å². The number of nitrogens with one attached hydrogen (secondary N) is 1. The van der Waals surface area contributed by atoms with Gasteiger partial charge in [-0.3, -0.25) is 9.48 Å². The number of benzene rings is 1. The van der Waals surface area contributed by atoms with Crippen LogP contribution in [0.25, 0.3) is 0 Å². The average Bonchev–Trinajstić information content (AvgIpc) is 3.37. The van der Waals surface area contributed by atoms with Gasteiger partial charge in [0.2, 0.25) is 5.78 Å². The first kappa shape index (κ1) is 20.8. The number of rotatable bonds is 7. The molecule has 4 rings (SSSR count). The maximum Gasteiger partial charge on any atom is 0.220 e. The predicted molar refractivity (Wildman–Crippen MR) is 115 cm³/mol. The van der Waals surface area contributed by atoms with Crippen LogP contribution in [0.4, 0.5) is 5.82 Å². The zero-order chi connectivity index (χ0) is 21.1. The molecule has 2 unspecified atom stereocenters. The SMILES string of the molecule is O=C(c1ccn(Cc2cccc(Cl)c2)n1)c1c(Cl)ncnc1NC1CCC(CO)C1. The van der Waals surface area contributed by atoms with Gasteiger partial charge in [-0.15, -0.1) is 0 Å². The molecule has 9 heteroatoms. The summed E-state index contributed by atoms with van der Waals surface area (Å²) in [7, 11) is 0. The Bertz CT molecular complexity index is 1060. The van der Waals surface area contributed by atoms with Crippen molar-refractivity contribution in [2.45, 2.75) is 31.8 Å². The summed E-state index contributed by atoms with van der Waals surface area (Å²) in [6.45, 7) is 0.654. The Balaban J connectivity index is 1.54. The first-order chi connectivity index (χ1) is 14.5. The van der Waals surface area contributed by atoms with Gasteiger partial charge in [-0.05, 0) is 48.9 Å². The summed E-state index contributed by atoms with van der Waals surface area (Å²) in [5.41, 5.74) is 1.45. The fraction of sp³-hybridized carbons (Fsp3) is 0.333. The highest BCUT2D eigenvalue weighted by molar-refractivity contribution is 6.34. The van der Waals surface area contributed by atoms with E-state index in [9.17, 15) is 9.90 Å². The van der Waals surface area contributed by atoms with Gasteiger partial charge in [0, 0.05) is 23.9 Å². The van der Waals surface area contributed by atoms with E-state index in [4.69, 9.17) is 23.2 Å². The van der Waals surface area contributed by atoms with Crippen LogP contribution < -0.4 is 5.32 Å². The van der Waals surface area contributed by atoms with Gasteiger partial charge in [-0.25, -0.2) is 9.97 Å². The van der Waals surface area contributed by atoms with Crippen molar-refractivity contribution >= 4 is 34.8 Å². The number of anilines is 1. The fourth-order valence-corrected chi connectivity index (χ4v) is 4.19. The molecule has 0 aliphatic heterocycles. The van der Waals surface area contributed by atoms with Gasteiger partial charge >= 0.3 is 0 Å². The zero-order valence-electron chi connectivity index (χ0n) is 16.1. The van der Waals surface area contributed by atoms with E-state index in [-0.39, 0.29) is 40.8 Å². The van der Waals surface area contributed by atoms with Crippen LogP contribution in [-0.4, -0.2) is 43.3 Å². The minimum absolute atomic E-state index is 0.0820. The fourth-order valence-electron chi connectivity index (χ4n) is 3.76. The molecule has 2 aromatic heterocycles. The molecule has 1 fully saturated rings. The summed E-state index contributed by atoms with van der Waals surface area (Å²) >= 11 is 12.3. The number of hydrogen-bond donors (Lipinski definition) is 2. The third-order valence-electron chi connectivity index (χ3n) is 5.28. The molecule has 0 radical (unpaired) electrons. The smallest absolute Gasteiger partial charge is 0.220 e. The summed E-state index contributed by atoms with van der Waals surface area (Å²) in [5, 5.41) is 17.8. The van der Waals surface area contributed by atoms with E-state index < -0.39 is 0 Å². The Labute approximate surface area is 184 Å². The monoisotopic (exact) mass is 445 g/mol. The number of aliphatic hydroxyl groups excluding tert-OH is 1. The molecule has 30 heavy (non-hydrogen) atoms. The second kappa shape index (κ2) is 9.12. The molecule has 2 N–H and O–H groups in total. The lowest BCUT2D eigenvalue weighted by molar-refractivity contribution is 0.103. The van der Waals surface area contributed by atoms with Crippen molar-refractivity contribution < 1.29 is 9.90 Å². The molecule has 2 atom stereocenters. The summed E-state index contributed by atoms with van der Waals surface area (Å²) in [5.74, 6) is 0.318. The number of carbonyl (C=O) groups is 1. The Morgan fingerprint density at radius 3 is 2.87 bits per heavy atom. The lowest BCUT2D eigenvalue weighted by atomic mass is 10.1. The third-order valence-corrected chi connectivity index (χ3v) is 5.80. The van der Waals surface area contributed by atoms with E-state index in [0.29, 0.717) is 17.4 Å². The second-order valence-electron chi connectivity index (χ2n) is 7.45. The van der Waals surface area contributed by atoms with Crippen LogP contribution in [0.1, 0.15) is 40.9 Å². The number of aromatic nitrogens is 4. The minimum Gasteiger partial charge on any atom is -0.396 e. The lowest BCUT2D eigenvalue weighted by Gasteiger charge is -2.16.